The summed E-state index contributed by atoms with van der Waals surface area (Å²) in [4.78, 5) is 27.2. The van der Waals surface area contributed by atoms with Crippen molar-refractivity contribution in [1.29, 1.82) is 0 Å². The number of aryl methyl sites for hydroxylation is 1. The lowest BCUT2D eigenvalue weighted by Gasteiger charge is -2.05. The fraction of sp³-hybridized carbons (Fsp3) is 0.462. The van der Waals surface area contributed by atoms with E-state index in [2.05, 4.69) is 10.3 Å². The Morgan fingerprint density at radius 1 is 1.33 bits per heavy atom. The van der Waals surface area contributed by atoms with Crippen molar-refractivity contribution >= 4 is 17.7 Å². The molecule has 2 atom stereocenters. The van der Waals surface area contributed by atoms with Gasteiger partial charge in [-0.05, 0) is 24.5 Å². The molecule has 5 heteroatoms. The standard InChI is InChI=1S/C13H16N2O3/c1-7-5-4-6-8(14-7)15-11(16)9-10(12(17)18)13(9,2)3/h4-6,9-10H,1-3H3,(H,17,18)(H,14,15,16)/t9-,10+/m1/s1. The van der Waals surface area contributed by atoms with Gasteiger partial charge in [0.15, 0.2) is 0 Å². The molecule has 0 unspecified atom stereocenters. The number of aliphatic carboxylic acids is 1. The molecule has 1 saturated carbocycles. The minimum absolute atomic E-state index is 0.273. The number of carboxylic acids is 1. The van der Waals surface area contributed by atoms with Crippen LogP contribution in [0.25, 0.3) is 0 Å². The minimum atomic E-state index is -0.919. The first-order chi connectivity index (χ1) is 8.34. The van der Waals surface area contributed by atoms with Gasteiger partial charge in [-0.25, -0.2) is 4.98 Å². The maximum atomic E-state index is 12.0. The van der Waals surface area contributed by atoms with Crippen LogP contribution in [0.5, 0.6) is 0 Å². The number of carbonyl (C=O) groups excluding carboxylic acids is 1. The minimum Gasteiger partial charge on any atom is -0.481 e. The molecular weight excluding hydrogens is 232 g/mol. The monoisotopic (exact) mass is 248 g/mol. The van der Waals surface area contributed by atoms with E-state index in [1.165, 1.54) is 0 Å². The topological polar surface area (TPSA) is 79.3 Å². The Morgan fingerprint density at radius 2 is 2.00 bits per heavy atom. The number of aromatic nitrogens is 1. The first kappa shape index (κ1) is 12.5. The molecule has 96 valence electrons. The van der Waals surface area contributed by atoms with Crippen LogP contribution < -0.4 is 5.32 Å². The van der Waals surface area contributed by atoms with E-state index >= 15 is 0 Å². The molecule has 0 saturated heterocycles. The van der Waals surface area contributed by atoms with Crippen LogP contribution in [0.3, 0.4) is 0 Å². The molecule has 0 aromatic carbocycles. The number of carboxylic acid groups (broad SMARTS) is 1. The first-order valence-electron chi connectivity index (χ1n) is 5.81. The molecule has 1 amide bonds. The van der Waals surface area contributed by atoms with Crippen molar-refractivity contribution in [1.82, 2.24) is 4.98 Å². The molecule has 18 heavy (non-hydrogen) atoms. The smallest absolute Gasteiger partial charge is 0.307 e. The van der Waals surface area contributed by atoms with Gasteiger partial charge >= 0.3 is 5.97 Å². The Hall–Kier alpha value is -1.91. The van der Waals surface area contributed by atoms with Crippen LogP contribution in [0.2, 0.25) is 0 Å². The average Bonchev–Trinajstić information content (AvgIpc) is 2.81. The number of anilines is 1. The van der Waals surface area contributed by atoms with Gasteiger partial charge in [0, 0.05) is 5.69 Å². The third-order valence-corrected chi connectivity index (χ3v) is 3.52. The predicted octanol–water partition coefficient (Wildman–Crippen LogP) is 1.69. The van der Waals surface area contributed by atoms with E-state index in [1.54, 1.807) is 26.0 Å². The van der Waals surface area contributed by atoms with Gasteiger partial charge in [0.1, 0.15) is 5.82 Å². The quantitative estimate of drug-likeness (QED) is 0.853. The summed E-state index contributed by atoms with van der Waals surface area (Å²) in [6.45, 7) is 5.41. The SMILES string of the molecule is Cc1cccc(NC(=O)[C@H]2[C@@H](C(=O)O)C2(C)C)n1. The molecule has 1 aliphatic carbocycles. The van der Waals surface area contributed by atoms with Gasteiger partial charge in [-0.2, -0.15) is 0 Å². The van der Waals surface area contributed by atoms with Gasteiger partial charge in [-0.1, -0.05) is 19.9 Å². The lowest BCUT2D eigenvalue weighted by molar-refractivity contribution is -0.140. The molecule has 0 spiro atoms. The third-order valence-electron chi connectivity index (χ3n) is 3.52. The zero-order chi connectivity index (χ0) is 13.5. The van der Waals surface area contributed by atoms with E-state index in [9.17, 15) is 9.59 Å². The summed E-state index contributed by atoms with van der Waals surface area (Å²) in [7, 11) is 0. The molecule has 1 aliphatic rings. The van der Waals surface area contributed by atoms with Crippen LogP contribution in [0.15, 0.2) is 18.2 Å². The summed E-state index contributed by atoms with van der Waals surface area (Å²) in [6.07, 6.45) is 0. The number of amides is 1. The summed E-state index contributed by atoms with van der Waals surface area (Å²) >= 11 is 0. The van der Waals surface area contributed by atoms with E-state index in [0.29, 0.717) is 5.82 Å². The number of nitrogens with one attached hydrogen (secondary N) is 1. The van der Waals surface area contributed by atoms with Crippen LogP contribution >= 0.6 is 0 Å². The molecule has 5 nitrogen and oxygen atoms in total. The number of hydrogen-bond acceptors (Lipinski definition) is 3. The van der Waals surface area contributed by atoms with Crippen molar-refractivity contribution in [2.75, 3.05) is 5.32 Å². The van der Waals surface area contributed by atoms with E-state index < -0.39 is 23.2 Å². The van der Waals surface area contributed by atoms with Crippen molar-refractivity contribution < 1.29 is 14.7 Å². The summed E-state index contributed by atoms with van der Waals surface area (Å²) in [5, 5.41) is 11.7. The summed E-state index contributed by atoms with van der Waals surface area (Å²) in [5.41, 5.74) is 0.317. The van der Waals surface area contributed by atoms with Crippen molar-refractivity contribution in [3.05, 3.63) is 23.9 Å². The lowest BCUT2D eigenvalue weighted by Crippen LogP contribution is -2.18. The molecule has 2 rings (SSSR count). The largest absolute Gasteiger partial charge is 0.481 e. The Morgan fingerprint density at radius 3 is 2.50 bits per heavy atom. The molecule has 1 heterocycles. The number of nitrogens with zero attached hydrogens (tertiary/aromatic N) is 1. The number of carbonyl (C=O) groups is 2. The Balaban J connectivity index is 2.08. The van der Waals surface area contributed by atoms with Gasteiger partial charge < -0.3 is 10.4 Å². The molecular formula is C13H16N2O3. The molecule has 1 aromatic rings. The van der Waals surface area contributed by atoms with Crippen LogP contribution in [0.1, 0.15) is 19.5 Å². The summed E-state index contributed by atoms with van der Waals surface area (Å²) in [5.74, 6) is -1.82. The molecule has 1 aromatic heterocycles. The zero-order valence-electron chi connectivity index (χ0n) is 10.6. The highest BCUT2D eigenvalue weighted by atomic mass is 16.4. The van der Waals surface area contributed by atoms with Gasteiger partial charge in [-0.15, -0.1) is 0 Å². The van der Waals surface area contributed by atoms with Crippen molar-refractivity contribution in [3.63, 3.8) is 0 Å². The highest BCUT2D eigenvalue weighted by Gasteiger charge is 2.65. The lowest BCUT2D eigenvalue weighted by atomic mass is 10.1. The molecule has 0 radical (unpaired) electrons. The first-order valence-corrected chi connectivity index (χ1v) is 5.81. The predicted molar refractivity (Wildman–Crippen MR) is 66.0 cm³/mol. The summed E-state index contributed by atoms with van der Waals surface area (Å²) < 4.78 is 0. The summed E-state index contributed by atoms with van der Waals surface area (Å²) in [6, 6.07) is 5.32. The second kappa shape index (κ2) is 4.08. The third kappa shape index (κ3) is 2.08. The number of rotatable bonds is 3. The van der Waals surface area contributed by atoms with E-state index in [0.717, 1.165) is 5.69 Å². The highest BCUT2D eigenvalue weighted by molar-refractivity contribution is 5.99. The zero-order valence-corrected chi connectivity index (χ0v) is 10.6. The van der Waals surface area contributed by atoms with Gasteiger partial charge in [0.2, 0.25) is 5.91 Å². The van der Waals surface area contributed by atoms with Crippen LogP contribution in [0, 0.1) is 24.2 Å². The van der Waals surface area contributed by atoms with Gasteiger partial charge in [0.25, 0.3) is 0 Å². The Labute approximate surface area is 105 Å². The van der Waals surface area contributed by atoms with Gasteiger partial charge in [-0.3, -0.25) is 9.59 Å². The number of hydrogen-bond donors (Lipinski definition) is 2. The molecule has 2 N–H and O–H groups in total. The van der Waals surface area contributed by atoms with Crippen LogP contribution in [-0.2, 0) is 9.59 Å². The fourth-order valence-electron chi connectivity index (χ4n) is 2.40. The molecule has 1 fully saturated rings. The number of pyridine rings is 1. The fourth-order valence-corrected chi connectivity index (χ4v) is 2.40. The average molecular weight is 248 g/mol. The van der Waals surface area contributed by atoms with Crippen molar-refractivity contribution in [2.45, 2.75) is 20.8 Å². The van der Waals surface area contributed by atoms with Crippen LogP contribution in [0.4, 0.5) is 5.82 Å². The highest BCUT2D eigenvalue weighted by Crippen LogP contribution is 2.58. The van der Waals surface area contributed by atoms with E-state index in [-0.39, 0.29) is 5.91 Å². The second-order valence-corrected chi connectivity index (χ2v) is 5.27. The van der Waals surface area contributed by atoms with Crippen molar-refractivity contribution in [3.8, 4) is 0 Å². The van der Waals surface area contributed by atoms with Gasteiger partial charge in [0.05, 0.1) is 11.8 Å². The Bertz CT molecular complexity index is 511. The second-order valence-electron chi connectivity index (χ2n) is 5.27. The Kier molecular flexibility index (Phi) is 2.84. The van der Waals surface area contributed by atoms with E-state index in [1.807, 2.05) is 13.0 Å². The van der Waals surface area contributed by atoms with E-state index in [4.69, 9.17) is 5.11 Å². The molecule has 0 bridgehead atoms. The normalized spacial score (nSPS) is 24.4. The molecule has 0 aliphatic heterocycles. The van der Waals surface area contributed by atoms with Crippen molar-refractivity contribution in [2.24, 2.45) is 17.3 Å². The van der Waals surface area contributed by atoms with Crippen LogP contribution in [-0.4, -0.2) is 22.0 Å². The maximum Gasteiger partial charge on any atom is 0.307 e. The maximum absolute atomic E-state index is 12.0.